The van der Waals surface area contributed by atoms with Crippen LogP contribution in [0.4, 0.5) is 4.79 Å². The van der Waals surface area contributed by atoms with Gasteiger partial charge in [-0.3, -0.25) is 4.79 Å². The minimum Gasteiger partial charge on any atom is -0.480 e. The Bertz CT molecular complexity index is 356. The molecule has 0 saturated heterocycles. The zero-order valence-electron chi connectivity index (χ0n) is 9.30. The van der Waals surface area contributed by atoms with E-state index in [-0.39, 0.29) is 0 Å². The highest BCUT2D eigenvalue weighted by Crippen LogP contribution is 2.08. The minimum atomic E-state index is -1.00. The lowest BCUT2D eigenvalue weighted by Gasteiger charge is -2.04. The lowest BCUT2D eigenvalue weighted by molar-refractivity contribution is -0.138. The van der Waals surface area contributed by atoms with Crippen molar-refractivity contribution in [3.8, 4) is 0 Å². The van der Waals surface area contributed by atoms with Gasteiger partial charge in [-0.2, -0.15) is 0 Å². The first kappa shape index (κ1) is 15.4. The second kappa shape index (κ2) is 8.55. The molecule has 0 aliphatic carbocycles. The number of rotatable bonds is 3. The molecule has 6 heteroatoms. The topological polar surface area (TPSA) is 89.6 Å². The molecule has 0 aliphatic heterocycles. The maximum atomic E-state index is 10.4. The molecule has 0 fully saturated rings. The van der Waals surface area contributed by atoms with E-state index in [9.17, 15) is 9.59 Å². The van der Waals surface area contributed by atoms with E-state index < -0.39 is 17.4 Å². The summed E-state index contributed by atoms with van der Waals surface area (Å²) in [5.41, 5.74) is 5.22. The van der Waals surface area contributed by atoms with Crippen LogP contribution in [0.1, 0.15) is 18.5 Å². The first-order chi connectivity index (χ1) is 7.99. The average molecular weight is 260 g/mol. The fourth-order valence-corrected chi connectivity index (χ4v) is 1.03. The molecule has 0 unspecified atom stereocenters. The molecule has 5 nitrogen and oxygen atoms in total. The maximum absolute atomic E-state index is 10.4. The molecule has 17 heavy (non-hydrogen) atoms. The predicted molar refractivity (Wildman–Crippen MR) is 63.9 cm³/mol. The monoisotopic (exact) mass is 259 g/mol. The van der Waals surface area contributed by atoms with Crippen molar-refractivity contribution in [2.45, 2.75) is 13.0 Å². The third-order valence-corrected chi connectivity index (χ3v) is 1.79. The van der Waals surface area contributed by atoms with Crippen LogP contribution in [-0.2, 0) is 9.53 Å². The minimum absolute atomic E-state index is 0.350. The van der Waals surface area contributed by atoms with Crippen LogP contribution in [0, 0.1) is 0 Å². The molecule has 0 spiro atoms. The standard InChI is InChI=1S/C8H9NO2.C3H5ClO2/c9-7(8(10)11)6-4-2-1-3-5-6;1-2-6-3(4)5/h1-5,7H,9H2,(H,10,11);2H2,1H3/t7-;/m1./s1. The van der Waals surface area contributed by atoms with Gasteiger partial charge in [-0.1, -0.05) is 30.3 Å². The fourth-order valence-electron chi connectivity index (χ4n) is 0.916. The zero-order chi connectivity index (χ0) is 13.3. The molecule has 0 heterocycles. The molecule has 0 aliphatic rings. The van der Waals surface area contributed by atoms with E-state index in [2.05, 4.69) is 4.74 Å². The van der Waals surface area contributed by atoms with Gasteiger partial charge >= 0.3 is 11.4 Å². The lowest BCUT2D eigenvalue weighted by Crippen LogP contribution is -2.20. The van der Waals surface area contributed by atoms with Gasteiger partial charge in [-0.25, -0.2) is 4.79 Å². The van der Waals surface area contributed by atoms with E-state index in [0.29, 0.717) is 12.2 Å². The van der Waals surface area contributed by atoms with Crippen molar-refractivity contribution in [2.75, 3.05) is 6.61 Å². The van der Waals surface area contributed by atoms with Crippen LogP contribution in [0.25, 0.3) is 0 Å². The number of carbonyl (C=O) groups excluding carboxylic acids is 1. The molecule has 0 bridgehead atoms. The van der Waals surface area contributed by atoms with Gasteiger partial charge < -0.3 is 15.6 Å². The second-order valence-corrected chi connectivity index (χ2v) is 3.21. The van der Waals surface area contributed by atoms with Gasteiger partial charge in [0, 0.05) is 11.6 Å². The number of halogens is 1. The number of carbonyl (C=O) groups is 2. The average Bonchev–Trinajstić information content (AvgIpc) is 2.29. The van der Waals surface area contributed by atoms with Crippen molar-refractivity contribution in [3.63, 3.8) is 0 Å². The van der Waals surface area contributed by atoms with Gasteiger partial charge in [0.2, 0.25) is 0 Å². The van der Waals surface area contributed by atoms with Crippen LogP contribution in [0.3, 0.4) is 0 Å². The van der Waals surface area contributed by atoms with E-state index in [4.69, 9.17) is 22.4 Å². The van der Waals surface area contributed by atoms with Gasteiger partial charge in [0.25, 0.3) is 0 Å². The van der Waals surface area contributed by atoms with E-state index in [1.807, 2.05) is 6.07 Å². The predicted octanol–water partition coefficient (Wildman–Crippen LogP) is 2.15. The maximum Gasteiger partial charge on any atom is 0.403 e. The Balaban J connectivity index is 0.000000366. The molecule has 0 radical (unpaired) electrons. The van der Waals surface area contributed by atoms with Crippen LogP contribution >= 0.6 is 11.6 Å². The molecule has 1 rings (SSSR count). The van der Waals surface area contributed by atoms with E-state index in [1.165, 1.54) is 0 Å². The smallest absolute Gasteiger partial charge is 0.403 e. The number of hydrogen-bond acceptors (Lipinski definition) is 4. The highest BCUT2D eigenvalue weighted by atomic mass is 35.5. The Morgan fingerprint density at radius 1 is 1.41 bits per heavy atom. The van der Waals surface area contributed by atoms with Crippen molar-refractivity contribution >= 4 is 23.0 Å². The first-order valence-corrected chi connectivity index (χ1v) is 5.22. The molecule has 0 saturated carbocycles. The number of nitrogens with two attached hydrogens (primary N) is 1. The first-order valence-electron chi connectivity index (χ1n) is 4.84. The quantitative estimate of drug-likeness (QED) is 0.812. The van der Waals surface area contributed by atoms with Crippen molar-refractivity contribution in [1.29, 1.82) is 0 Å². The molecule has 0 aromatic heterocycles. The molecule has 1 atom stereocenters. The Morgan fingerprint density at radius 2 is 1.94 bits per heavy atom. The Morgan fingerprint density at radius 3 is 2.24 bits per heavy atom. The number of aliphatic carboxylic acids is 1. The molecular weight excluding hydrogens is 246 g/mol. The summed E-state index contributed by atoms with van der Waals surface area (Å²) < 4.78 is 4.17. The summed E-state index contributed by atoms with van der Waals surface area (Å²) in [5, 5.41) is 8.51. The van der Waals surface area contributed by atoms with Crippen molar-refractivity contribution in [1.82, 2.24) is 0 Å². The number of ether oxygens (including phenoxy) is 1. The van der Waals surface area contributed by atoms with Crippen LogP contribution in [0.2, 0.25) is 0 Å². The lowest BCUT2D eigenvalue weighted by atomic mass is 10.1. The summed E-state index contributed by atoms with van der Waals surface area (Å²) in [5.74, 6) is -1.00. The molecule has 3 N–H and O–H groups in total. The third-order valence-electron chi connectivity index (χ3n) is 1.68. The van der Waals surface area contributed by atoms with Crippen LogP contribution in [0.15, 0.2) is 30.3 Å². The summed E-state index contributed by atoms with van der Waals surface area (Å²) in [4.78, 5) is 20.0. The van der Waals surface area contributed by atoms with Gasteiger partial charge in [0.1, 0.15) is 6.04 Å². The number of carboxylic acid groups (broad SMARTS) is 1. The molecular formula is C11H14ClNO4. The zero-order valence-corrected chi connectivity index (χ0v) is 10.1. The van der Waals surface area contributed by atoms with Gasteiger partial charge in [-0.05, 0) is 12.5 Å². The highest BCUT2D eigenvalue weighted by molar-refractivity contribution is 6.61. The normalized spacial score (nSPS) is 10.8. The van der Waals surface area contributed by atoms with Crippen LogP contribution < -0.4 is 5.73 Å². The summed E-state index contributed by atoms with van der Waals surface area (Å²) in [6.07, 6.45) is 0. The molecule has 1 aromatic carbocycles. The van der Waals surface area contributed by atoms with Crippen LogP contribution in [0.5, 0.6) is 0 Å². The second-order valence-electron chi connectivity index (χ2n) is 2.90. The highest BCUT2D eigenvalue weighted by Gasteiger charge is 2.12. The SMILES string of the molecule is CCOC(=O)Cl.N[C@@H](C(=O)O)c1ccccc1. The molecule has 94 valence electrons. The van der Waals surface area contributed by atoms with E-state index in [0.717, 1.165) is 0 Å². The summed E-state index contributed by atoms with van der Waals surface area (Å²) in [6, 6.07) is 7.82. The summed E-state index contributed by atoms with van der Waals surface area (Å²) in [6.45, 7) is 2.04. The number of hydrogen-bond donors (Lipinski definition) is 2. The van der Waals surface area contributed by atoms with E-state index in [1.54, 1.807) is 31.2 Å². The Kier molecular flexibility index (Phi) is 7.75. The summed E-state index contributed by atoms with van der Waals surface area (Å²) in [7, 11) is 0. The largest absolute Gasteiger partial charge is 0.480 e. The van der Waals surface area contributed by atoms with Crippen molar-refractivity contribution in [2.24, 2.45) is 5.73 Å². The summed E-state index contributed by atoms with van der Waals surface area (Å²) >= 11 is 4.72. The molecule has 0 amide bonds. The van der Waals surface area contributed by atoms with Gasteiger partial charge in [0.15, 0.2) is 0 Å². The molecule has 1 aromatic rings. The van der Waals surface area contributed by atoms with Crippen molar-refractivity contribution in [3.05, 3.63) is 35.9 Å². The Labute approximate surface area is 104 Å². The van der Waals surface area contributed by atoms with Crippen LogP contribution in [-0.4, -0.2) is 23.1 Å². The Hall–Kier alpha value is -1.59. The van der Waals surface area contributed by atoms with E-state index >= 15 is 0 Å². The van der Waals surface area contributed by atoms with Crippen molar-refractivity contribution < 1.29 is 19.4 Å². The number of benzene rings is 1. The van der Waals surface area contributed by atoms with Gasteiger partial charge in [0.05, 0.1) is 6.61 Å². The third kappa shape index (κ3) is 7.32. The number of carboxylic acids is 1. The van der Waals surface area contributed by atoms with Gasteiger partial charge in [-0.15, -0.1) is 0 Å². The fraction of sp³-hybridized carbons (Fsp3) is 0.273.